The summed E-state index contributed by atoms with van der Waals surface area (Å²) in [6.45, 7) is 1.97. The van der Waals surface area contributed by atoms with Gasteiger partial charge in [0, 0.05) is 6.54 Å². The van der Waals surface area contributed by atoms with Crippen molar-refractivity contribution in [1.82, 2.24) is 5.32 Å². The molecule has 0 aromatic rings. The van der Waals surface area contributed by atoms with E-state index in [0.29, 0.717) is 6.54 Å². The van der Waals surface area contributed by atoms with Gasteiger partial charge in [0.1, 0.15) is 6.10 Å². The summed E-state index contributed by atoms with van der Waals surface area (Å²) < 4.78 is 4.71. The lowest BCUT2D eigenvalue weighted by Gasteiger charge is -2.13. The third-order valence-corrected chi connectivity index (χ3v) is 1.98. The Morgan fingerprint density at radius 2 is 1.93 bits per heavy atom. The van der Waals surface area contributed by atoms with Gasteiger partial charge < -0.3 is 20.3 Å². The zero-order chi connectivity index (χ0) is 11.5. The summed E-state index contributed by atoms with van der Waals surface area (Å²) in [6.07, 6.45) is 2.92. The van der Waals surface area contributed by atoms with E-state index in [9.17, 15) is 4.79 Å². The van der Waals surface area contributed by atoms with Crippen LogP contribution in [0.3, 0.4) is 0 Å². The minimum atomic E-state index is -0.819. The second kappa shape index (κ2) is 9.73. The number of hydrogen-bond donors (Lipinski definition) is 3. The zero-order valence-corrected chi connectivity index (χ0v) is 9.24. The van der Waals surface area contributed by atoms with Gasteiger partial charge in [0.25, 0.3) is 0 Å². The summed E-state index contributed by atoms with van der Waals surface area (Å²) in [6, 6.07) is 0. The first kappa shape index (κ1) is 14.2. The van der Waals surface area contributed by atoms with Crippen LogP contribution in [0.5, 0.6) is 0 Å². The molecule has 90 valence electrons. The van der Waals surface area contributed by atoms with Crippen molar-refractivity contribution in [2.75, 3.05) is 19.8 Å². The van der Waals surface area contributed by atoms with E-state index in [1.165, 1.54) is 0 Å². The lowest BCUT2D eigenvalue weighted by atomic mass is 10.2. The minimum absolute atomic E-state index is 0.361. The van der Waals surface area contributed by atoms with Crippen LogP contribution >= 0.6 is 0 Å². The zero-order valence-electron chi connectivity index (χ0n) is 9.24. The van der Waals surface area contributed by atoms with Crippen molar-refractivity contribution in [3.63, 3.8) is 0 Å². The molecular weight excluding hydrogens is 198 g/mol. The molecule has 0 atom stereocenters. The molecule has 0 aliphatic heterocycles. The van der Waals surface area contributed by atoms with E-state index in [2.05, 4.69) is 12.2 Å². The van der Waals surface area contributed by atoms with Gasteiger partial charge in [0.15, 0.2) is 0 Å². The van der Waals surface area contributed by atoms with Crippen LogP contribution in [-0.4, -0.2) is 42.2 Å². The molecule has 0 rings (SSSR count). The summed E-state index contributed by atoms with van der Waals surface area (Å²) in [5.74, 6) is 0. The van der Waals surface area contributed by atoms with Crippen molar-refractivity contribution in [1.29, 1.82) is 0 Å². The molecular formula is C10H21NO4. The fourth-order valence-corrected chi connectivity index (χ4v) is 1.07. The van der Waals surface area contributed by atoms with Crippen LogP contribution in [0.15, 0.2) is 0 Å². The van der Waals surface area contributed by atoms with Crippen LogP contribution in [0.4, 0.5) is 4.79 Å². The van der Waals surface area contributed by atoms with E-state index in [1.807, 2.05) is 0 Å². The number of rotatable bonds is 8. The molecule has 5 heteroatoms. The molecule has 0 aromatic carbocycles. The van der Waals surface area contributed by atoms with E-state index in [1.54, 1.807) is 0 Å². The molecule has 0 bridgehead atoms. The number of unbranched alkanes of at least 4 members (excludes halogenated alkanes) is 3. The van der Waals surface area contributed by atoms with Crippen LogP contribution in [0, 0.1) is 0 Å². The molecule has 0 saturated heterocycles. The highest BCUT2D eigenvalue weighted by Gasteiger charge is 2.10. The molecule has 0 aliphatic carbocycles. The molecule has 0 spiro atoms. The fraction of sp³-hybridized carbons (Fsp3) is 0.900. The molecule has 3 N–H and O–H groups in total. The summed E-state index contributed by atoms with van der Waals surface area (Å²) in [4.78, 5) is 11.0. The molecule has 0 unspecified atom stereocenters. The molecule has 0 radical (unpaired) electrons. The van der Waals surface area contributed by atoms with Gasteiger partial charge in [-0.15, -0.1) is 0 Å². The molecule has 0 aromatic heterocycles. The van der Waals surface area contributed by atoms with Gasteiger partial charge in [-0.05, 0) is 6.42 Å². The second-order valence-corrected chi connectivity index (χ2v) is 3.38. The van der Waals surface area contributed by atoms with Gasteiger partial charge in [-0.3, -0.25) is 0 Å². The number of aliphatic hydroxyl groups excluding tert-OH is 2. The molecule has 0 saturated carbocycles. The number of carbonyl (C=O) groups is 1. The average Bonchev–Trinajstić information content (AvgIpc) is 2.25. The van der Waals surface area contributed by atoms with E-state index >= 15 is 0 Å². The van der Waals surface area contributed by atoms with Gasteiger partial charge in [0.2, 0.25) is 0 Å². The number of aliphatic hydroxyl groups is 2. The largest absolute Gasteiger partial charge is 0.441 e. The standard InChI is InChI=1S/C10H21NO4/c1-2-3-4-5-6-11-10(14)15-9(7-12)8-13/h9,12-13H,2-8H2,1H3,(H,11,14). The van der Waals surface area contributed by atoms with E-state index in [-0.39, 0.29) is 13.2 Å². The normalized spacial score (nSPS) is 10.4. The first-order chi connectivity index (χ1) is 7.24. The quantitative estimate of drug-likeness (QED) is 0.524. The van der Waals surface area contributed by atoms with Crippen LogP contribution in [0.2, 0.25) is 0 Å². The van der Waals surface area contributed by atoms with Crippen molar-refractivity contribution < 1.29 is 19.7 Å². The lowest BCUT2D eigenvalue weighted by Crippen LogP contribution is -2.33. The van der Waals surface area contributed by atoms with E-state index in [0.717, 1.165) is 25.7 Å². The third kappa shape index (κ3) is 8.20. The Morgan fingerprint density at radius 3 is 2.47 bits per heavy atom. The highest BCUT2D eigenvalue weighted by atomic mass is 16.6. The maximum atomic E-state index is 11.0. The van der Waals surface area contributed by atoms with Crippen molar-refractivity contribution in [2.24, 2.45) is 0 Å². The summed E-state index contributed by atoms with van der Waals surface area (Å²) in [5.41, 5.74) is 0. The number of alkyl carbamates (subject to hydrolysis) is 1. The Morgan fingerprint density at radius 1 is 1.27 bits per heavy atom. The lowest BCUT2D eigenvalue weighted by molar-refractivity contribution is 0.0223. The molecule has 1 amide bonds. The minimum Gasteiger partial charge on any atom is -0.441 e. The maximum absolute atomic E-state index is 11.0. The van der Waals surface area contributed by atoms with Crippen molar-refractivity contribution >= 4 is 6.09 Å². The third-order valence-electron chi connectivity index (χ3n) is 1.98. The Kier molecular flexibility index (Phi) is 9.21. The number of nitrogens with one attached hydrogen (secondary N) is 1. The van der Waals surface area contributed by atoms with Crippen molar-refractivity contribution in [2.45, 2.75) is 38.7 Å². The first-order valence-corrected chi connectivity index (χ1v) is 5.40. The fourth-order valence-electron chi connectivity index (χ4n) is 1.07. The van der Waals surface area contributed by atoms with Crippen molar-refractivity contribution in [3.8, 4) is 0 Å². The number of amides is 1. The summed E-state index contributed by atoms with van der Waals surface area (Å²) >= 11 is 0. The maximum Gasteiger partial charge on any atom is 0.407 e. The monoisotopic (exact) mass is 219 g/mol. The predicted molar refractivity (Wildman–Crippen MR) is 56.6 cm³/mol. The number of ether oxygens (including phenoxy) is 1. The Balaban J connectivity index is 3.40. The van der Waals surface area contributed by atoms with Gasteiger partial charge in [0.05, 0.1) is 13.2 Å². The summed E-state index contributed by atoms with van der Waals surface area (Å²) in [7, 11) is 0. The Labute approximate surface area is 90.4 Å². The molecule has 0 heterocycles. The van der Waals surface area contributed by atoms with Gasteiger partial charge in [-0.25, -0.2) is 4.79 Å². The highest BCUT2D eigenvalue weighted by molar-refractivity contribution is 5.67. The SMILES string of the molecule is CCCCCCNC(=O)OC(CO)CO. The average molecular weight is 219 g/mol. The molecule has 0 fully saturated rings. The Bertz CT molecular complexity index is 160. The Hall–Kier alpha value is -0.810. The molecule has 15 heavy (non-hydrogen) atoms. The second-order valence-electron chi connectivity index (χ2n) is 3.38. The number of hydrogen-bond acceptors (Lipinski definition) is 4. The van der Waals surface area contributed by atoms with Gasteiger partial charge in [-0.1, -0.05) is 26.2 Å². The first-order valence-electron chi connectivity index (χ1n) is 5.40. The van der Waals surface area contributed by atoms with E-state index in [4.69, 9.17) is 14.9 Å². The van der Waals surface area contributed by atoms with Crippen LogP contribution < -0.4 is 5.32 Å². The topological polar surface area (TPSA) is 78.8 Å². The van der Waals surface area contributed by atoms with Crippen molar-refractivity contribution in [3.05, 3.63) is 0 Å². The smallest absolute Gasteiger partial charge is 0.407 e. The van der Waals surface area contributed by atoms with Crippen LogP contribution in [-0.2, 0) is 4.74 Å². The van der Waals surface area contributed by atoms with E-state index < -0.39 is 12.2 Å². The number of carbonyl (C=O) groups excluding carboxylic acids is 1. The van der Waals surface area contributed by atoms with Crippen LogP contribution in [0.1, 0.15) is 32.6 Å². The van der Waals surface area contributed by atoms with Gasteiger partial charge in [-0.2, -0.15) is 0 Å². The predicted octanol–water partition coefficient (Wildman–Crippen LogP) is 0.646. The van der Waals surface area contributed by atoms with Gasteiger partial charge >= 0.3 is 6.09 Å². The van der Waals surface area contributed by atoms with Crippen LogP contribution in [0.25, 0.3) is 0 Å². The molecule has 0 aliphatic rings. The summed E-state index contributed by atoms with van der Waals surface area (Å²) in [5, 5.41) is 19.9. The molecule has 5 nitrogen and oxygen atoms in total. The highest BCUT2D eigenvalue weighted by Crippen LogP contribution is 1.97.